The number of nitrogens with one attached hydrogen (secondary N) is 1. The van der Waals surface area contributed by atoms with E-state index in [0.717, 1.165) is 36.7 Å². The van der Waals surface area contributed by atoms with Crippen LogP contribution in [0.15, 0.2) is 18.2 Å². The summed E-state index contributed by atoms with van der Waals surface area (Å²) >= 11 is 0. The van der Waals surface area contributed by atoms with Crippen molar-refractivity contribution in [3.63, 3.8) is 0 Å². The Hall–Kier alpha value is -1.06. The van der Waals surface area contributed by atoms with Crippen molar-refractivity contribution in [2.24, 2.45) is 5.92 Å². The Bertz CT molecular complexity index is 542. The molecule has 1 aromatic carbocycles. The summed E-state index contributed by atoms with van der Waals surface area (Å²) in [7, 11) is 0. The second-order valence-electron chi connectivity index (χ2n) is 6.96. The van der Waals surface area contributed by atoms with Gasteiger partial charge in [0.25, 0.3) is 0 Å². The molecule has 1 aliphatic carbocycles. The Morgan fingerprint density at radius 3 is 2.50 bits per heavy atom. The summed E-state index contributed by atoms with van der Waals surface area (Å²) < 4.78 is 0. The van der Waals surface area contributed by atoms with Gasteiger partial charge in [-0.3, -0.25) is 9.69 Å². The molecule has 1 aromatic rings. The van der Waals surface area contributed by atoms with E-state index in [2.05, 4.69) is 56.1 Å². The fourth-order valence-corrected chi connectivity index (χ4v) is 3.40. The Kier molecular flexibility index (Phi) is 8.24. The summed E-state index contributed by atoms with van der Waals surface area (Å²) in [6.45, 7) is 12.5. The van der Waals surface area contributed by atoms with Crippen LogP contribution in [0.3, 0.4) is 0 Å². The van der Waals surface area contributed by atoms with Crippen LogP contribution >= 0.6 is 12.4 Å². The van der Waals surface area contributed by atoms with Crippen molar-refractivity contribution in [1.29, 1.82) is 0 Å². The molecule has 24 heavy (non-hydrogen) atoms. The molecule has 0 aromatic heterocycles. The molecule has 1 fully saturated rings. The first-order valence-corrected chi connectivity index (χ1v) is 9.13. The number of aryl methyl sites for hydroxylation is 1. The molecule has 1 N–H and O–H groups in total. The maximum Gasteiger partial charge on any atom is 0.241 e. The summed E-state index contributed by atoms with van der Waals surface area (Å²) in [5.41, 5.74) is 3.50. The van der Waals surface area contributed by atoms with E-state index >= 15 is 0 Å². The number of benzene rings is 1. The lowest BCUT2D eigenvalue weighted by Gasteiger charge is -2.27. The molecular formula is C20H33ClN2O. The molecule has 0 radical (unpaired) electrons. The number of rotatable bonds is 8. The van der Waals surface area contributed by atoms with E-state index in [1.807, 2.05) is 6.92 Å². The van der Waals surface area contributed by atoms with Crippen LogP contribution in [0.2, 0.25) is 0 Å². The normalized spacial score (nSPS) is 16.4. The van der Waals surface area contributed by atoms with Crippen molar-refractivity contribution in [2.75, 3.05) is 18.4 Å². The number of likely N-dealkylation sites (N-methyl/N-ethyl adjacent to an activating group) is 1. The van der Waals surface area contributed by atoms with E-state index in [4.69, 9.17) is 0 Å². The predicted molar refractivity (Wildman–Crippen MR) is 105 cm³/mol. The highest BCUT2D eigenvalue weighted by atomic mass is 35.5. The van der Waals surface area contributed by atoms with Crippen LogP contribution in [-0.2, 0) is 4.79 Å². The van der Waals surface area contributed by atoms with Gasteiger partial charge in [-0.2, -0.15) is 0 Å². The van der Waals surface area contributed by atoms with Gasteiger partial charge in [-0.05, 0) is 69.2 Å². The van der Waals surface area contributed by atoms with Gasteiger partial charge >= 0.3 is 0 Å². The van der Waals surface area contributed by atoms with E-state index < -0.39 is 0 Å². The van der Waals surface area contributed by atoms with E-state index in [0.29, 0.717) is 5.92 Å². The third-order valence-corrected chi connectivity index (χ3v) is 5.22. The van der Waals surface area contributed by atoms with Crippen LogP contribution in [0.1, 0.15) is 64.0 Å². The molecule has 0 heterocycles. The zero-order chi connectivity index (χ0) is 17.0. The smallest absolute Gasteiger partial charge is 0.241 e. The van der Waals surface area contributed by atoms with Crippen LogP contribution in [0, 0.1) is 12.8 Å². The minimum Gasteiger partial charge on any atom is -0.324 e. The first kappa shape index (κ1) is 21.0. The molecule has 2 rings (SSSR count). The Morgan fingerprint density at radius 2 is 1.96 bits per heavy atom. The molecular weight excluding hydrogens is 320 g/mol. The summed E-state index contributed by atoms with van der Waals surface area (Å²) in [6.07, 6.45) is 3.71. The van der Waals surface area contributed by atoms with Crippen LogP contribution < -0.4 is 5.32 Å². The van der Waals surface area contributed by atoms with E-state index in [1.54, 1.807) is 0 Å². The molecule has 0 aliphatic heterocycles. The van der Waals surface area contributed by atoms with Gasteiger partial charge in [0.15, 0.2) is 0 Å². The predicted octanol–water partition coefficient (Wildman–Crippen LogP) is 4.99. The van der Waals surface area contributed by atoms with Crippen LogP contribution in [0.5, 0.6) is 0 Å². The quantitative estimate of drug-likeness (QED) is 0.714. The van der Waals surface area contributed by atoms with Gasteiger partial charge in [-0.1, -0.05) is 39.0 Å². The minimum absolute atomic E-state index is 0. The molecule has 136 valence electrons. The lowest BCUT2D eigenvalue weighted by Crippen LogP contribution is -2.42. The zero-order valence-corrected chi connectivity index (χ0v) is 16.6. The molecule has 3 nitrogen and oxygen atoms in total. The summed E-state index contributed by atoms with van der Waals surface area (Å²) in [5.74, 6) is 1.43. The molecule has 4 heteroatoms. The Labute approximate surface area is 153 Å². The monoisotopic (exact) mass is 352 g/mol. The van der Waals surface area contributed by atoms with Gasteiger partial charge in [0, 0.05) is 5.69 Å². The second-order valence-corrected chi connectivity index (χ2v) is 6.96. The standard InChI is InChI=1S/C20H32N2O.ClH/c1-6-13-22(7-2)16(5)20(23)21-19-14(3)9-8-10-18(19)15(4)17-11-12-17;/h8-10,15-17H,6-7,11-13H2,1-5H3,(H,21,23);1H/t15?,16-;/m0./s1. The topological polar surface area (TPSA) is 32.3 Å². The highest BCUT2D eigenvalue weighted by Gasteiger charge is 2.31. The van der Waals surface area contributed by atoms with Crippen molar-refractivity contribution in [2.45, 2.75) is 65.8 Å². The summed E-state index contributed by atoms with van der Waals surface area (Å²) in [6, 6.07) is 6.29. The van der Waals surface area contributed by atoms with Gasteiger partial charge < -0.3 is 5.32 Å². The number of carbonyl (C=O) groups excluding carboxylic acids is 1. The SMILES string of the molecule is CCCN(CC)[C@@H](C)C(=O)Nc1c(C)cccc1C(C)C1CC1.Cl. The number of hydrogen-bond acceptors (Lipinski definition) is 2. The number of anilines is 1. The minimum atomic E-state index is -0.0939. The Morgan fingerprint density at radius 1 is 1.29 bits per heavy atom. The Balaban J connectivity index is 0.00000288. The highest BCUT2D eigenvalue weighted by molar-refractivity contribution is 5.96. The molecule has 1 unspecified atom stereocenters. The number of hydrogen-bond donors (Lipinski definition) is 1. The first-order valence-electron chi connectivity index (χ1n) is 9.13. The van der Waals surface area contributed by atoms with Crippen LogP contribution in [0.25, 0.3) is 0 Å². The zero-order valence-electron chi connectivity index (χ0n) is 15.8. The van der Waals surface area contributed by atoms with Crippen molar-refractivity contribution >= 4 is 24.0 Å². The largest absolute Gasteiger partial charge is 0.324 e. The lowest BCUT2D eigenvalue weighted by atomic mass is 9.92. The average Bonchev–Trinajstić information content (AvgIpc) is 3.38. The van der Waals surface area contributed by atoms with Gasteiger partial charge in [-0.25, -0.2) is 0 Å². The van der Waals surface area contributed by atoms with Crippen molar-refractivity contribution in [3.05, 3.63) is 29.3 Å². The first-order chi connectivity index (χ1) is 11.0. The number of para-hydroxylation sites is 1. The summed E-state index contributed by atoms with van der Waals surface area (Å²) in [4.78, 5) is 15.0. The molecule has 0 saturated heterocycles. The maximum atomic E-state index is 12.7. The fraction of sp³-hybridized carbons (Fsp3) is 0.650. The highest BCUT2D eigenvalue weighted by Crippen LogP contribution is 2.44. The lowest BCUT2D eigenvalue weighted by molar-refractivity contribution is -0.120. The van der Waals surface area contributed by atoms with Gasteiger partial charge in [0.1, 0.15) is 0 Å². The average molecular weight is 353 g/mol. The third-order valence-electron chi connectivity index (χ3n) is 5.22. The third kappa shape index (κ3) is 4.97. The number of nitrogens with zero attached hydrogens (tertiary/aromatic N) is 1. The van der Waals surface area contributed by atoms with E-state index in [9.17, 15) is 4.79 Å². The molecule has 1 saturated carbocycles. The second kappa shape index (κ2) is 9.43. The van der Waals surface area contributed by atoms with E-state index in [1.165, 1.54) is 18.4 Å². The summed E-state index contributed by atoms with van der Waals surface area (Å²) in [5, 5.41) is 3.23. The number of amides is 1. The van der Waals surface area contributed by atoms with Gasteiger partial charge in [0.05, 0.1) is 6.04 Å². The van der Waals surface area contributed by atoms with Gasteiger partial charge in [0.2, 0.25) is 5.91 Å². The maximum absolute atomic E-state index is 12.7. The van der Waals surface area contributed by atoms with Crippen molar-refractivity contribution < 1.29 is 4.79 Å². The van der Waals surface area contributed by atoms with Crippen molar-refractivity contribution in [3.8, 4) is 0 Å². The number of carbonyl (C=O) groups is 1. The van der Waals surface area contributed by atoms with E-state index in [-0.39, 0.29) is 24.4 Å². The fourth-order valence-electron chi connectivity index (χ4n) is 3.40. The molecule has 1 amide bonds. The number of halogens is 1. The van der Waals surface area contributed by atoms with Crippen molar-refractivity contribution in [1.82, 2.24) is 4.90 Å². The molecule has 2 atom stereocenters. The van der Waals surface area contributed by atoms with Crippen LogP contribution in [-0.4, -0.2) is 29.9 Å². The molecule has 0 bridgehead atoms. The van der Waals surface area contributed by atoms with Crippen LogP contribution in [0.4, 0.5) is 5.69 Å². The molecule has 0 spiro atoms. The van der Waals surface area contributed by atoms with Gasteiger partial charge in [-0.15, -0.1) is 12.4 Å². The molecule has 1 aliphatic rings.